The zero-order chi connectivity index (χ0) is 10.3. The molecule has 0 aliphatic carbocycles. The van der Waals surface area contributed by atoms with Crippen LogP contribution < -0.4 is 5.73 Å². The van der Waals surface area contributed by atoms with E-state index in [1.54, 1.807) is 6.92 Å². The largest absolute Gasteiger partial charge is 0.369 e. The number of nitrogens with zero attached hydrogens (tertiary/aromatic N) is 2. The summed E-state index contributed by atoms with van der Waals surface area (Å²) in [6.07, 6.45) is 0. The van der Waals surface area contributed by atoms with Gasteiger partial charge in [0.25, 0.3) is 0 Å². The van der Waals surface area contributed by atoms with Gasteiger partial charge in [0, 0.05) is 6.54 Å². The lowest BCUT2D eigenvalue weighted by atomic mass is 10.3. The second-order valence-corrected chi connectivity index (χ2v) is 2.94. The van der Waals surface area contributed by atoms with Gasteiger partial charge in [0.05, 0.1) is 5.52 Å². The Bertz CT molecular complexity index is 490. The molecule has 0 radical (unpaired) electrons. The topological polar surface area (TPSA) is 43.8 Å². The monoisotopic (exact) mass is 197 g/mol. The minimum absolute atomic E-state index is 0.130. The van der Waals surface area contributed by atoms with Crippen LogP contribution in [0.1, 0.15) is 6.92 Å². The smallest absolute Gasteiger partial charge is 0.201 e. The highest BCUT2D eigenvalue weighted by atomic mass is 19.2. The average molecular weight is 197 g/mol. The summed E-state index contributed by atoms with van der Waals surface area (Å²) in [4.78, 5) is 3.92. The van der Waals surface area contributed by atoms with Crippen molar-refractivity contribution in [2.24, 2.45) is 0 Å². The lowest BCUT2D eigenvalue weighted by molar-refractivity contribution is 0.512. The highest BCUT2D eigenvalue weighted by molar-refractivity contribution is 5.79. The number of aryl methyl sites for hydroxylation is 1. The normalized spacial score (nSPS) is 11.1. The van der Waals surface area contributed by atoms with Gasteiger partial charge in [-0.1, -0.05) is 0 Å². The van der Waals surface area contributed by atoms with Crippen LogP contribution in [0.15, 0.2) is 12.1 Å². The standard InChI is InChI=1S/C9H9F2N3/c1-2-14-8-6(13-9(14)12)4-3-5(10)7(8)11/h3-4H,2H2,1H3,(H2,12,13). The van der Waals surface area contributed by atoms with Crippen LogP contribution in [0.5, 0.6) is 0 Å². The van der Waals surface area contributed by atoms with Crippen LogP contribution in [-0.2, 0) is 6.54 Å². The molecule has 3 nitrogen and oxygen atoms in total. The molecule has 0 saturated carbocycles. The van der Waals surface area contributed by atoms with Crippen LogP contribution in [0.4, 0.5) is 14.7 Å². The molecule has 0 aliphatic heterocycles. The zero-order valence-corrected chi connectivity index (χ0v) is 7.59. The van der Waals surface area contributed by atoms with E-state index in [0.29, 0.717) is 12.1 Å². The molecule has 0 aliphatic rings. The molecule has 2 N–H and O–H groups in total. The number of nitrogen functional groups attached to an aromatic ring is 1. The van der Waals surface area contributed by atoms with Crippen LogP contribution in [0, 0.1) is 11.6 Å². The molecule has 74 valence electrons. The molecule has 1 heterocycles. The summed E-state index contributed by atoms with van der Waals surface area (Å²) in [5.74, 6) is -1.58. The second-order valence-electron chi connectivity index (χ2n) is 2.94. The van der Waals surface area contributed by atoms with E-state index in [4.69, 9.17) is 5.73 Å². The Morgan fingerprint density at radius 3 is 2.79 bits per heavy atom. The van der Waals surface area contributed by atoms with Gasteiger partial charge in [-0.25, -0.2) is 13.8 Å². The maximum atomic E-state index is 13.4. The quantitative estimate of drug-likeness (QED) is 0.758. The number of aromatic nitrogens is 2. The molecular formula is C9H9F2N3. The summed E-state index contributed by atoms with van der Waals surface area (Å²) in [5.41, 5.74) is 6.05. The summed E-state index contributed by atoms with van der Waals surface area (Å²) in [7, 11) is 0. The van der Waals surface area contributed by atoms with E-state index >= 15 is 0 Å². The molecule has 0 bridgehead atoms. The van der Waals surface area contributed by atoms with Crippen molar-refractivity contribution >= 4 is 17.0 Å². The van der Waals surface area contributed by atoms with Gasteiger partial charge in [-0.3, -0.25) is 0 Å². The number of hydrogen-bond donors (Lipinski definition) is 1. The van der Waals surface area contributed by atoms with Crippen LogP contribution in [0.3, 0.4) is 0 Å². The van der Waals surface area contributed by atoms with Crippen LogP contribution >= 0.6 is 0 Å². The Hall–Kier alpha value is -1.65. The predicted octanol–water partition coefficient (Wildman–Crippen LogP) is 1.92. The first-order chi connectivity index (χ1) is 6.65. The summed E-state index contributed by atoms with van der Waals surface area (Å²) < 4.78 is 27.7. The first-order valence-corrected chi connectivity index (χ1v) is 4.25. The Morgan fingerprint density at radius 2 is 2.14 bits per heavy atom. The first-order valence-electron chi connectivity index (χ1n) is 4.25. The fraction of sp³-hybridized carbons (Fsp3) is 0.222. The van der Waals surface area contributed by atoms with E-state index in [0.717, 1.165) is 6.07 Å². The molecule has 1 aromatic heterocycles. The number of halogens is 2. The zero-order valence-electron chi connectivity index (χ0n) is 7.59. The highest BCUT2D eigenvalue weighted by Crippen LogP contribution is 2.22. The molecule has 0 spiro atoms. The molecular weight excluding hydrogens is 188 g/mol. The number of hydrogen-bond acceptors (Lipinski definition) is 2. The van der Waals surface area contributed by atoms with Gasteiger partial charge < -0.3 is 10.3 Å². The molecule has 1 aromatic carbocycles. The summed E-state index contributed by atoms with van der Waals surface area (Å²) >= 11 is 0. The fourth-order valence-corrected chi connectivity index (χ4v) is 1.50. The van der Waals surface area contributed by atoms with Crippen molar-refractivity contribution in [1.29, 1.82) is 0 Å². The van der Waals surface area contributed by atoms with Crippen molar-refractivity contribution in [2.45, 2.75) is 13.5 Å². The van der Waals surface area contributed by atoms with Crippen molar-refractivity contribution in [2.75, 3.05) is 5.73 Å². The van der Waals surface area contributed by atoms with E-state index < -0.39 is 11.6 Å². The molecule has 5 heteroatoms. The van der Waals surface area contributed by atoms with Gasteiger partial charge >= 0.3 is 0 Å². The molecule has 14 heavy (non-hydrogen) atoms. The number of anilines is 1. The van der Waals surface area contributed by atoms with Crippen molar-refractivity contribution < 1.29 is 8.78 Å². The van der Waals surface area contributed by atoms with Gasteiger partial charge in [0.1, 0.15) is 5.52 Å². The predicted molar refractivity (Wildman–Crippen MR) is 49.7 cm³/mol. The highest BCUT2D eigenvalue weighted by Gasteiger charge is 2.14. The van der Waals surface area contributed by atoms with E-state index in [1.165, 1.54) is 10.6 Å². The second kappa shape index (κ2) is 2.94. The van der Waals surface area contributed by atoms with E-state index in [-0.39, 0.29) is 11.5 Å². The average Bonchev–Trinajstić information content (AvgIpc) is 2.48. The first kappa shape index (κ1) is 8.93. The van der Waals surface area contributed by atoms with Gasteiger partial charge in [-0.15, -0.1) is 0 Å². The number of nitrogens with two attached hydrogens (primary N) is 1. The van der Waals surface area contributed by atoms with Crippen LogP contribution in [-0.4, -0.2) is 9.55 Å². The van der Waals surface area contributed by atoms with E-state index in [2.05, 4.69) is 4.98 Å². The fourth-order valence-electron chi connectivity index (χ4n) is 1.50. The van der Waals surface area contributed by atoms with Gasteiger partial charge in [0.2, 0.25) is 5.95 Å². The van der Waals surface area contributed by atoms with Crippen LogP contribution in [0.25, 0.3) is 11.0 Å². The molecule has 0 amide bonds. The summed E-state index contributed by atoms with van der Waals surface area (Å²) in [6, 6.07) is 2.46. The van der Waals surface area contributed by atoms with E-state index in [9.17, 15) is 8.78 Å². The number of fused-ring (bicyclic) bond motifs is 1. The summed E-state index contributed by atoms with van der Waals surface area (Å²) in [5, 5.41) is 0. The number of imidazole rings is 1. The minimum atomic E-state index is -0.895. The lowest BCUT2D eigenvalue weighted by Gasteiger charge is -2.02. The van der Waals surface area contributed by atoms with Crippen molar-refractivity contribution in [3.05, 3.63) is 23.8 Å². The SMILES string of the molecule is CCn1c(N)nc2ccc(F)c(F)c21. The third kappa shape index (κ3) is 1.05. The Labute approximate surface area is 79.2 Å². The molecule has 0 atom stereocenters. The minimum Gasteiger partial charge on any atom is -0.369 e. The Kier molecular flexibility index (Phi) is 1.87. The molecule has 2 aromatic rings. The molecule has 2 rings (SSSR count). The number of rotatable bonds is 1. The van der Waals surface area contributed by atoms with Gasteiger partial charge in [0.15, 0.2) is 11.6 Å². The van der Waals surface area contributed by atoms with E-state index in [1.807, 2.05) is 0 Å². The Balaban J connectivity index is 2.90. The molecule has 0 unspecified atom stereocenters. The van der Waals surface area contributed by atoms with Crippen molar-refractivity contribution in [3.8, 4) is 0 Å². The maximum Gasteiger partial charge on any atom is 0.201 e. The maximum absolute atomic E-state index is 13.4. The number of benzene rings is 1. The van der Waals surface area contributed by atoms with Crippen molar-refractivity contribution in [3.63, 3.8) is 0 Å². The van der Waals surface area contributed by atoms with Gasteiger partial charge in [-0.05, 0) is 19.1 Å². The summed E-state index contributed by atoms with van der Waals surface area (Å²) in [6.45, 7) is 2.25. The van der Waals surface area contributed by atoms with Gasteiger partial charge in [-0.2, -0.15) is 0 Å². The molecule has 0 saturated heterocycles. The van der Waals surface area contributed by atoms with Crippen molar-refractivity contribution in [1.82, 2.24) is 9.55 Å². The lowest BCUT2D eigenvalue weighted by Crippen LogP contribution is -2.02. The third-order valence-electron chi connectivity index (χ3n) is 2.15. The third-order valence-corrected chi connectivity index (χ3v) is 2.15. The van der Waals surface area contributed by atoms with Crippen LogP contribution in [0.2, 0.25) is 0 Å². The molecule has 0 fully saturated rings. The Morgan fingerprint density at radius 1 is 1.43 bits per heavy atom.